The van der Waals surface area contributed by atoms with Crippen molar-refractivity contribution in [2.75, 3.05) is 13.1 Å². The summed E-state index contributed by atoms with van der Waals surface area (Å²) in [5.41, 5.74) is 0.283. The first-order valence-electron chi connectivity index (χ1n) is 7.51. The van der Waals surface area contributed by atoms with Gasteiger partial charge in [0.25, 0.3) is 0 Å². The molecule has 1 fully saturated rings. The van der Waals surface area contributed by atoms with Gasteiger partial charge in [0.1, 0.15) is 5.75 Å². The number of carboxylic acids is 1. The highest BCUT2D eigenvalue weighted by Crippen LogP contribution is 2.28. The van der Waals surface area contributed by atoms with Crippen LogP contribution < -0.4 is 4.74 Å². The Hall–Kier alpha value is -2.25. The number of ether oxygens (including phenoxy) is 1. The molecule has 1 aliphatic heterocycles. The molecule has 1 amide bonds. The third-order valence-electron chi connectivity index (χ3n) is 4.09. The molecule has 1 N–H and O–H groups in total. The molecule has 2 rings (SSSR count). The first-order chi connectivity index (χ1) is 11.2. The Morgan fingerprint density at radius 1 is 1.29 bits per heavy atom. The van der Waals surface area contributed by atoms with Crippen molar-refractivity contribution < 1.29 is 32.6 Å². The fourth-order valence-electron chi connectivity index (χ4n) is 2.83. The van der Waals surface area contributed by atoms with Crippen LogP contribution in [0, 0.1) is 11.8 Å². The average molecular weight is 345 g/mol. The molecule has 24 heavy (non-hydrogen) atoms. The molecule has 8 heteroatoms. The summed E-state index contributed by atoms with van der Waals surface area (Å²) in [6.45, 7) is 2.24. The predicted molar refractivity (Wildman–Crippen MR) is 78.3 cm³/mol. The Bertz CT molecular complexity index is 618. The van der Waals surface area contributed by atoms with Gasteiger partial charge in [-0.15, -0.1) is 13.2 Å². The highest BCUT2D eigenvalue weighted by Gasteiger charge is 2.37. The van der Waals surface area contributed by atoms with Crippen LogP contribution in [-0.2, 0) is 16.0 Å². The first-order valence-corrected chi connectivity index (χ1v) is 7.51. The van der Waals surface area contributed by atoms with Gasteiger partial charge in [0, 0.05) is 19.5 Å². The molecule has 0 spiro atoms. The summed E-state index contributed by atoms with van der Waals surface area (Å²) in [5, 5.41) is 9.07. The lowest BCUT2D eigenvalue weighted by Gasteiger charge is -2.17. The molecule has 1 aromatic rings. The van der Waals surface area contributed by atoms with E-state index in [4.69, 9.17) is 5.11 Å². The minimum atomic E-state index is -4.79. The van der Waals surface area contributed by atoms with Crippen LogP contribution in [0.4, 0.5) is 13.2 Å². The second kappa shape index (κ2) is 7.11. The van der Waals surface area contributed by atoms with Crippen molar-refractivity contribution in [2.24, 2.45) is 11.8 Å². The van der Waals surface area contributed by atoms with Crippen molar-refractivity contribution in [3.8, 4) is 5.75 Å². The van der Waals surface area contributed by atoms with E-state index in [2.05, 4.69) is 4.74 Å². The normalized spacial score (nSPS) is 20.9. The van der Waals surface area contributed by atoms with Gasteiger partial charge in [-0.1, -0.05) is 25.1 Å². The Kier molecular flexibility index (Phi) is 5.36. The number of halogens is 3. The number of likely N-dealkylation sites (tertiary alicyclic amines) is 1. The highest BCUT2D eigenvalue weighted by atomic mass is 19.4. The number of benzene rings is 1. The minimum Gasteiger partial charge on any atom is -0.481 e. The Balaban J connectivity index is 1.97. The number of carboxylic acid groups (broad SMARTS) is 1. The highest BCUT2D eigenvalue weighted by molar-refractivity contribution is 5.79. The number of alkyl halides is 3. The van der Waals surface area contributed by atoms with E-state index in [0.29, 0.717) is 6.54 Å². The number of carbonyl (C=O) groups is 2. The van der Waals surface area contributed by atoms with Crippen LogP contribution in [0.5, 0.6) is 5.75 Å². The number of nitrogens with zero attached hydrogens (tertiary/aromatic N) is 1. The lowest BCUT2D eigenvalue weighted by Crippen LogP contribution is -2.30. The largest absolute Gasteiger partial charge is 0.573 e. The number of carbonyl (C=O) groups excluding carboxylic acids is 1. The molecule has 0 aliphatic carbocycles. The lowest BCUT2D eigenvalue weighted by molar-refractivity contribution is -0.274. The summed E-state index contributed by atoms with van der Waals surface area (Å²) in [4.78, 5) is 24.7. The zero-order chi connectivity index (χ0) is 17.9. The van der Waals surface area contributed by atoms with Crippen molar-refractivity contribution in [1.82, 2.24) is 4.90 Å². The van der Waals surface area contributed by atoms with Crippen molar-refractivity contribution in [2.45, 2.75) is 26.1 Å². The van der Waals surface area contributed by atoms with Crippen LogP contribution in [0.3, 0.4) is 0 Å². The van der Waals surface area contributed by atoms with Crippen molar-refractivity contribution in [3.05, 3.63) is 29.8 Å². The van der Waals surface area contributed by atoms with Crippen LogP contribution in [-0.4, -0.2) is 41.3 Å². The Labute approximate surface area is 137 Å². The number of amides is 1. The van der Waals surface area contributed by atoms with Gasteiger partial charge < -0.3 is 14.7 Å². The number of rotatable bonds is 5. The van der Waals surface area contributed by atoms with E-state index >= 15 is 0 Å². The number of para-hydroxylation sites is 1. The molecule has 2 atom stereocenters. The summed E-state index contributed by atoms with van der Waals surface area (Å²) in [7, 11) is 0. The van der Waals surface area contributed by atoms with E-state index in [9.17, 15) is 22.8 Å². The smallest absolute Gasteiger partial charge is 0.481 e. The van der Waals surface area contributed by atoms with Gasteiger partial charge in [0.15, 0.2) is 0 Å². The maximum absolute atomic E-state index is 12.4. The molecule has 1 saturated heterocycles. The topological polar surface area (TPSA) is 66.8 Å². The van der Waals surface area contributed by atoms with Gasteiger partial charge >= 0.3 is 12.3 Å². The summed E-state index contributed by atoms with van der Waals surface area (Å²) < 4.78 is 41.1. The third-order valence-corrected chi connectivity index (χ3v) is 4.09. The molecule has 1 aliphatic rings. The number of hydrogen-bond donors (Lipinski definition) is 1. The van der Waals surface area contributed by atoms with E-state index < -0.39 is 18.2 Å². The van der Waals surface area contributed by atoms with Crippen LogP contribution in [0.15, 0.2) is 24.3 Å². The standard InChI is InChI=1S/C16H18F3NO4/c1-10-8-20(9-12(10)15(22)23)14(21)7-6-11-4-2-3-5-13(11)24-16(17,18)19/h2-5,10,12H,6-9H2,1H3,(H,22,23)/t10-,12-/m1/s1. The second-order valence-electron chi connectivity index (χ2n) is 5.88. The number of aliphatic carboxylic acids is 1. The quantitative estimate of drug-likeness (QED) is 0.891. The molecular weight excluding hydrogens is 327 g/mol. The Morgan fingerprint density at radius 2 is 1.96 bits per heavy atom. The van der Waals surface area contributed by atoms with Crippen LogP contribution in [0.2, 0.25) is 0 Å². The van der Waals surface area contributed by atoms with Gasteiger partial charge in [-0.2, -0.15) is 0 Å². The molecule has 1 heterocycles. The van der Waals surface area contributed by atoms with Crippen LogP contribution in [0.1, 0.15) is 18.9 Å². The summed E-state index contributed by atoms with van der Waals surface area (Å²) in [6.07, 6.45) is -4.70. The molecule has 132 valence electrons. The summed E-state index contributed by atoms with van der Waals surface area (Å²) >= 11 is 0. The summed E-state index contributed by atoms with van der Waals surface area (Å²) in [5.74, 6) is -2.28. The fraction of sp³-hybridized carbons (Fsp3) is 0.500. The van der Waals surface area contributed by atoms with E-state index in [0.717, 1.165) is 0 Å². The number of hydrogen-bond acceptors (Lipinski definition) is 3. The van der Waals surface area contributed by atoms with Gasteiger partial charge in [0.2, 0.25) is 5.91 Å². The van der Waals surface area contributed by atoms with Crippen LogP contribution >= 0.6 is 0 Å². The lowest BCUT2D eigenvalue weighted by atomic mass is 9.99. The second-order valence-corrected chi connectivity index (χ2v) is 5.88. The maximum Gasteiger partial charge on any atom is 0.573 e. The van der Waals surface area contributed by atoms with Crippen LogP contribution in [0.25, 0.3) is 0 Å². The van der Waals surface area contributed by atoms with Crippen molar-refractivity contribution in [3.63, 3.8) is 0 Å². The molecule has 1 aromatic carbocycles. The van der Waals surface area contributed by atoms with Gasteiger partial charge in [-0.05, 0) is 24.0 Å². The molecule has 0 aromatic heterocycles. The minimum absolute atomic E-state index is 0.00269. The van der Waals surface area contributed by atoms with Gasteiger partial charge in [-0.3, -0.25) is 9.59 Å². The van der Waals surface area contributed by atoms with Gasteiger partial charge in [0.05, 0.1) is 5.92 Å². The van der Waals surface area contributed by atoms with E-state index in [-0.39, 0.29) is 42.5 Å². The zero-order valence-electron chi connectivity index (χ0n) is 13.0. The maximum atomic E-state index is 12.4. The SMILES string of the molecule is C[C@@H]1CN(C(=O)CCc2ccccc2OC(F)(F)F)C[C@H]1C(=O)O. The van der Waals surface area contributed by atoms with Crippen molar-refractivity contribution in [1.29, 1.82) is 0 Å². The van der Waals surface area contributed by atoms with E-state index in [1.165, 1.54) is 23.1 Å². The molecule has 0 radical (unpaired) electrons. The van der Waals surface area contributed by atoms with E-state index in [1.54, 1.807) is 13.0 Å². The molecular formula is C16H18F3NO4. The molecule has 0 saturated carbocycles. The van der Waals surface area contributed by atoms with E-state index in [1.807, 2.05) is 0 Å². The molecule has 0 bridgehead atoms. The third kappa shape index (κ3) is 4.62. The summed E-state index contributed by atoms with van der Waals surface area (Å²) in [6, 6.07) is 5.67. The van der Waals surface area contributed by atoms with Crippen molar-refractivity contribution >= 4 is 11.9 Å². The fourth-order valence-corrected chi connectivity index (χ4v) is 2.83. The monoisotopic (exact) mass is 345 g/mol. The molecule has 5 nitrogen and oxygen atoms in total. The first kappa shape index (κ1) is 18.1. The van der Waals surface area contributed by atoms with Gasteiger partial charge in [-0.25, -0.2) is 0 Å². The Morgan fingerprint density at radius 3 is 2.54 bits per heavy atom. The number of aryl methyl sites for hydroxylation is 1. The predicted octanol–water partition coefficient (Wildman–Crippen LogP) is 2.70. The average Bonchev–Trinajstić information content (AvgIpc) is 2.87. The zero-order valence-corrected chi connectivity index (χ0v) is 13.0. The molecule has 0 unspecified atom stereocenters.